The summed E-state index contributed by atoms with van der Waals surface area (Å²) in [5.41, 5.74) is 0.777. The first-order chi connectivity index (χ1) is 11.8. The first-order valence-corrected chi connectivity index (χ1v) is 9.53. The van der Waals surface area contributed by atoms with Gasteiger partial charge in [-0.25, -0.2) is 0 Å². The molecule has 0 spiro atoms. The highest BCUT2D eigenvalue weighted by Gasteiger charge is 2.40. The molecule has 0 unspecified atom stereocenters. The largest absolute Gasteiger partial charge is 0.333 e. The van der Waals surface area contributed by atoms with Crippen molar-refractivity contribution in [3.05, 3.63) is 22.7 Å². The molecular formula is C16H22N6OS. The van der Waals surface area contributed by atoms with Crippen LogP contribution in [0.15, 0.2) is 17.8 Å². The molecule has 1 amide bonds. The number of thiophene rings is 1. The Labute approximate surface area is 145 Å². The molecule has 2 aliphatic heterocycles. The average molecular weight is 346 g/mol. The standard InChI is InChI=1S/C16H22N6OS/c1-2-20-8-3-5-12(20)13-6-4-9-21(13)16(23)15-14(7-10-24-15)22-11-17-18-19-22/h7,10-13H,2-6,8-9H2,1H3/t12-,13+/m1/s1. The van der Waals surface area contributed by atoms with Crippen molar-refractivity contribution >= 4 is 17.2 Å². The van der Waals surface area contributed by atoms with Gasteiger partial charge in [-0.2, -0.15) is 4.68 Å². The van der Waals surface area contributed by atoms with E-state index in [2.05, 4.69) is 32.2 Å². The first-order valence-electron chi connectivity index (χ1n) is 8.65. The van der Waals surface area contributed by atoms with Crippen LogP contribution in [0.25, 0.3) is 5.69 Å². The zero-order valence-corrected chi connectivity index (χ0v) is 14.7. The van der Waals surface area contributed by atoms with E-state index in [1.165, 1.54) is 30.5 Å². The number of carbonyl (C=O) groups is 1. The molecule has 7 nitrogen and oxygen atoms in total. The minimum absolute atomic E-state index is 0.126. The molecule has 2 aromatic rings. The fourth-order valence-electron chi connectivity index (χ4n) is 4.17. The van der Waals surface area contributed by atoms with Gasteiger partial charge in [0.1, 0.15) is 11.2 Å². The molecule has 2 aliphatic rings. The van der Waals surface area contributed by atoms with Gasteiger partial charge in [0.25, 0.3) is 5.91 Å². The summed E-state index contributed by atoms with van der Waals surface area (Å²) < 4.78 is 1.57. The van der Waals surface area contributed by atoms with Gasteiger partial charge in [0.05, 0.1) is 5.69 Å². The molecule has 2 fully saturated rings. The Balaban J connectivity index is 1.59. The van der Waals surface area contributed by atoms with Gasteiger partial charge in [0, 0.05) is 18.6 Å². The second-order valence-corrected chi connectivity index (χ2v) is 7.35. The number of tetrazole rings is 1. The molecule has 2 atom stereocenters. The van der Waals surface area contributed by atoms with E-state index in [-0.39, 0.29) is 5.91 Å². The molecule has 4 rings (SSSR count). The summed E-state index contributed by atoms with van der Waals surface area (Å²) >= 11 is 1.47. The second kappa shape index (κ2) is 6.60. The van der Waals surface area contributed by atoms with E-state index >= 15 is 0 Å². The van der Waals surface area contributed by atoms with Crippen molar-refractivity contribution in [3.8, 4) is 5.69 Å². The lowest BCUT2D eigenvalue weighted by Crippen LogP contribution is -2.48. The second-order valence-electron chi connectivity index (χ2n) is 6.44. The van der Waals surface area contributed by atoms with E-state index in [0.29, 0.717) is 12.1 Å². The minimum Gasteiger partial charge on any atom is -0.333 e. The van der Waals surface area contributed by atoms with Crippen molar-refractivity contribution in [3.63, 3.8) is 0 Å². The summed E-state index contributed by atoms with van der Waals surface area (Å²) in [5, 5.41) is 13.2. The molecule has 2 saturated heterocycles. The van der Waals surface area contributed by atoms with Crippen molar-refractivity contribution in [1.82, 2.24) is 30.0 Å². The first kappa shape index (κ1) is 15.7. The van der Waals surface area contributed by atoms with Gasteiger partial charge >= 0.3 is 0 Å². The van der Waals surface area contributed by atoms with Crippen LogP contribution in [0, 0.1) is 0 Å². The molecular weight excluding hydrogens is 324 g/mol. The van der Waals surface area contributed by atoms with E-state index in [1.54, 1.807) is 4.68 Å². The molecule has 8 heteroatoms. The van der Waals surface area contributed by atoms with E-state index in [1.807, 2.05) is 11.4 Å². The SMILES string of the molecule is CCN1CCC[C@@H]1[C@@H]1CCCN1C(=O)c1sccc1-n1cnnn1. The lowest BCUT2D eigenvalue weighted by molar-refractivity contribution is 0.0654. The maximum absolute atomic E-state index is 13.2. The number of carbonyl (C=O) groups excluding carboxylic acids is 1. The number of rotatable bonds is 4. The van der Waals surface area contributed by atoms with Crippen LogP contribution in [0.3, 0.4) is 0 Å². The molecule has 2 aromatic heterocycles. The Hall–Kier alpha value is -1.80. The highest BCUT2D eigenvalue weighted by Crippen LogP contribution is 2.32. The highest BCUT2D eigenvalue weighted by molar-refractivity contribution is 7.12. The summed E-state index contributed by atoms with van der Waals surface area (Å²) in [5.74, 6) is 0.126. The third-order valence-corrected chi connectivity index (χ3v) is 6.15. The van der Waals surface area contributed by atoms with Crippen molar-refractivity contribution in [2.75, 3.05) is 19.6 Å². The third-order valence-electron chi connectivity index (χ3n) is 5.26. The summed E-state index contributed by atoms with van der Waals surface area (Å²) in [4.78, 5) is 18.6. The molecule has 0 aliphatic carbocycles. The van der Waals surface area contributed by atoms with Crippen molar-refractivity contribution in [2.45, 2.75) is 44.7 Å². The van der Waals surface area contributed by atoms with Crippen LogP contribution < -0.4 is 0 Å². The van der Waals surface area contributed by atoms with Crippen LogP contribution in [0.2, 0.25) is 0 Å². The summed E-state index contributed by atoms with van der Waals surface area (Å²) in [7, 11) is 0. The Morgan fingerprint density at radius 1 is 1.29 bits per heavy atom. The van der Waals surface area contributed by atoms with Gasteiger partial charge in [0.2, 0.25) is 0 Å². The molecule has 0 aromatic carbocycles. The number of likely N-dealkylation sites (N-methyl/N-ethyl adjacent to an activating group) is 1. The fourth-order valence-corrected chi connectivity index (χ4v) is 5.00. The molecule has 0 N–H and O–H groups in total. The van der Waals surface area contributed by atoms with Crippen LogP contribution in [0.1, 0.15) is 42.3 Å². The Morgan fingerprint density at radius 3 is 2.92 bits per heavy atom. The van der Waals surface area contributed by atoms with E-state index in [9.17, 15) is 4.79 Å². The predicted octanol–water partition coefficient (Wildman–Crippen LogP) is 1.81. The molecule has 0 saturated carbocycles. The number of amides is 1. The van der Waals surface area contributed by atoms with Crippen molar-refractivity contribution in [1.29, 1.82) is 0 Å². The Kier molecular flexibility index (Phi) is 4.32. The van der Waals surface area contributed by atoms with E-state index in [4.69, 9.17) is 0 Å². The molecule has 24 heavy (non-hydrogen) atoms. The maximum Gasteiger partial charge on any atom is 0.266 e. The minimum atomic E-state index is 0.126. The number of aromatic nitrogens is 4. The van der Waals surface area contributed by atoms with Crippen LogP contribution in [-0.2, 0) is 0 Å². The average Bonchev–Trinajstić information content (AvgIpc) is 3.41. The van der Waals surface area contributed by atoms with Crippen LogP contribution >= 0.6 is 11.3 Å². The lowest BCUT2D eigenvalue weighted by atomic mass is 10.0. The fraction of sp³-hybridized carbons (Fsp3) is 0.625. The lowest BCUT2D eigenvalue weighted by Gasteiger charge is -2.34. The smallest absolute Gasteiger partial charge is 0.266 e. The zero-order chi connectivity index (χ0) is 16.5. The van der Waals surface area contributed by atoms with E-state index in [0.717, 1.165) is 43.0 Å². The summed E-state index contributed by atoms with van der Waals surface area (Å²) in [6.07, 6.45) is 6.18. The summed E-state index contributed by atoms with van der Waals surface area (Å²) in [6.45, 7) is 5.30. The van der Waals surface area contributed by atoms with Crippen LogP contribution in [-0.4, -0.2) is 67.6 Å². The molecule has 128 valence electrons. The normalized spacial score (nSPS) is 24.8. The summed E-state index contributed by atoms with van der Waals surface area (Å²) in [6, 6.07) is 2.76. The van der Waals surface area contributed by atoms with Gasteiger partial charge in [-0.05, 0) is 60.6 Å². The third kappa shape index (κ3) is 2.63. The van der Waals surface area contributed by atoms with Crippen molar-refractivity contribution < 1.29 is 4.79 Å². The monoisotopic (exact) mass is 346 g/mol. The van der Waals surface area contributed by atoms with Gasteiger partial charge in [0.15, 0.2) is 0 Å². The van der Waals surface area contributed by atoms with Gasteiger partial charge in [-0.15, -0.1) is 16.4 Å². The molecule has 0 radical (unpaired) electrons. The maximum atomic E-state index is 13.2. The quantitative estimate of drug-likeness (QED) is 0.845. The van der Waals surface area contributed by atoms with Crippen LogP contribution in [0.5, 0.6) is 0 Å². The Morgan fingerprint density at radius 2 is 2.12 bits per heavy atom. The van der Waals surface area contributed by atoms with Gasteiger partial charge in [-0.1, -0.05) is 6.92 Å². The zero-order valence-electron chi connectivity index (χ0n) is 13.8. The number of nitrogens with zero attached hydrogens (tertiary/aromatic N) is 6. The topological polar surface area (TPSA) is 67.2 Å². The van der Waals surface area contributed by atoms with Gasteiger partial charge in [-0.3, -0.25) is 9.69 Å². The number of hydrogen-bond donors (Lipinski definition) is 0. The predicted molar refractivity (Wildman–Crippen MR) is 91.4 cm³/mol. The molecule has 4 heterocycles. The van der Waals surface area contributed by atoms with E-state index < -0.39 is 0 Å². The number of hydrogen-bond acceptors (Lipinski definition) is 6. The highest BCUT2D eigenvalue weighted by atomic mass is 32.1. The molecule has 0 bridgehead atoms. The van der Waals surface area contributed by atoms with Gasteiger partial charge < -0.3 is 4.90 Å². The van der Waals surface area contributed by atoms with Crippen LogP contribution in [0.4, 0.5) is 0 Å². The number of likely N-dealkylation sites (tertiary alicyclic amines) is 2. The van der Waals surface area contributed by atoms with Crippen molar-refractivity contribution in [2.24, 2.45) is 0 Å². The Bertz CT molecular complexity index is 699.